The van der Waals surface area contributed by atoms with Gasteiger partial charge in [0.2, 0.25) is 5.91 Å². The van der Waals surface area contributed by atoms with Crippen molar-refractivity contribution >= 4 is 11.9 Å². The molecular weight excluding hydrogens is 212 g/mol. The first-order valence-electron chi connectivity index (χ1n) is 5.30. The van der Waals surface area contributed by atoms with Crippen LogP contribution in [0.3, 0.4) is 0 Å². The summed E-state index contributed by atoms with van der Waals surface area (Å²) in [5.74, 6) is -1.13. The topological polar surface area (TPSA) is 104 Å². The third-order valence-electron chi connectivity index (χ3n) is 2.83. The van der Waals surface area contributed by atoms with Crippen LogP contribution in [0.2, 0.25) is 0 Å². The van der Waals surface area contributed by atoms with E-state index >= 15 is 0 Å². The van der Waals surface area contributed by atoms with Gasteiger partial charge in [-0.2, -0.15) is 0 Å². The number of hydrogen-bond acceptors (Lipinski definition) is 4. The van der Waals surface area contributed by atoms with Gasteiger partial charge in [-0.05, 0) is 18.8 Å². The molecule has 0 aromatic carbocycles. The van der Waals surface area contributed by atoms with Crippen LogP contribution in [0.1, 0.15) is 19.3 Å². The largest absolute Gasteiger partial charge is 0.481 e. The van der Waals surface area contributed by atoms with Crippen LogP contribution in [0, 0.1) is 5.92 Å². The summed E-state index contributed by atoms with van der Waals surface area (Å²) < 4.78 is 0. The van der Waals surface area contributed by atoms with E-state index < -0.39 is 12.0 Å². The van der Waals surface area contributed by atoms with Crippen molar-refractivity contribution in [2.24, 2.45) is 11.7 Å². The van der Waals surface area contributed by atoms with Crippen molar-refractivity contribution in [3.63, 3.8) is 0 Å². The average Bonchev–Trinajstić information content (AvgIpc) is 2.12. The number of carbonyl (C=O) groups is 2. The van der Waals surface area contributed by atoms with E-state index in [2.05, 4.69) is 0 Å². The number of carboxylic acid groups (broad SMARTS) is 1. The number of aliphatic carboxylic acids is 1. The number of nitrogens with two attached hydrogens (primary N) is 1. The number of aliphatic hydroxyl groups is 1. The van der Waals surface area contributed by atoms with Crippen LogP contribution in [0.4, 0.5) is 0 Å². The lowest BCUT2D eigenvalue weighted by Crippen LogP contribution is -2.46. The first kappa shape index (κ1) is 12.9. The lowest BCUT2D eigenvalue weighted by atomic mass is 9.82. The van der Waals surface area contributed by atoms with E-state index in [0.29, 0.717) is 25.3 Å². The minimum absolute atomic E-state index is 0.249. The van der Waals surface area contributed by atoms with Gasteiger partial charge in [-0.25, -0.2) is 0 Å². The van der Waals surface area contributed by atoms with Gasteiger partial charge >= 0.3 is 5.97 Å². The number of rotatable bonds is 5. The summed E-state index contributed by atoms with van der Waals surface area (Å²) in [4.78, 5) is 23.4. The normalized spacial score (nSPS) is 25.7. The van der Waals surface area contributed by atoms with Crippen molar-refractivity contribution in [2.45, 2.75) is 31.4 Å². The van der Waals surface area contributed by atoms with Gasteiger partial charge < -0.3 is 20.8 Å². The highest BCUT2D eigenvalue weighted by molar-refractivity contribution is 5.85. The second-order valence-corrected chi connectivity index (χ2v) is 4.41. The predicted octanol–water partition coefficient (Wildman–Crippen LogP) is -0.982. The van der Waals surface area contributed by atoms with Gasteiger partial charge in [0.1, 0.15) is 0 Å². The highest BCUT2D eigenvalue weighted by atomic mass is 16.4. The number of likely N-dealkylation sites (N-methyl/N-ethyl adjacent to an activating group) is 1. The Bertz CT molecular complexity index is 276. The molecule has 1 atom stereocenters. The Morgan fingerprint density at radius 3 is 2.50 bits per heavy atom. The van der Waals surface area contributed by atoms with Crippen molar-refractivity contribution in [1.82, 2.24) is 4.90 Å². The predicted molar refractivity (Wildman–Crippen MR) is 56.6 cm³/mol. The third kappa shape index (κ3) is 3.46. The maximum absolute atomic E-state index is 11.6. The molecule has 1 fully saturated rings. The van der Waals surface area contributed by atoms with Crippen molar-refractivity contribution in [3.8, 4) is 0 Å². The van der Waals surface area contributed by atoms with Crippen LogP contribution >= 0.6 is 0 Å². The zero-order valence-corrected chi connectivity index (χ0v) is 9.30. The van der Waals surface area contributed by atoms with Crippen LogP contribution in [-0.4, -0.2) is 52.7 Å². The number of amides is 1. The number of nitrogens with zero attached hydrogens (tertiary/aromatic N) is 1. The average molecular weight is 230 g/mol. The minimum Gasteiger partial charge on any atom is -0.481 e. The summed E-state index contributed by atoms with van der Waals surface area (Å²) in [5.41, 5.74) is 5.46. The molecule has 0 spiro atoms. The molecule has 1 unspecified atom stereocenters. The van der Waals surface area contributed by atoms with Crippen LogP contribution in [0.5, 0.6) is 0 Å². The van der Waals surface area contributed by atoms with E-state index in [0.717, 1.165) is 0 Å². The molecule has 0 aromatic heterocycles. The van der Waals surface area contributed by atoms with Crippen molar-refractivity contribution in [2.75, 3.05) is 13.6 Å². The maximum atomic E-state index is 11.6. The summed E-state index contributed by atoms with van der Waals surface area (Å²) in [6.45, 7) is 0.531. The van der Waals surface area contributed by atoms with Crippen LogP contribution < -0.4 is 5.73 Å². The molecule has 0 bridgehead atoms. The van der Waals surface area contributed by atoms with Gasteiger partial charge in [0.15, 0.2) is 0 Å². The second kappa shape index (κ2) is 5.27. The van der Waals surface area contributed by atoms with Crippen LogP contribution in [0.25, 0.3) is 0 Å². The quantitative estimate of drug-likeness (QED) is 0.563. The van der Waals surface area contributed by atoms with E-state index in [1.54, 1.807) is 7.05 Å². The number of carbonyl (C=O) groups excluding carboxylic acids is 1. The monoisotopic (exact) mass is 230 g/mol. The molecule has 0 aliphatic heterocycles. The zero-order chi connectivity index (χ0) is 12.3. The van der Waals surface area contributed by atoms with Crippen molar-refractivity contribution in [3.05, 3.63) is 0 Å². The first-order chi connectivity index (χ1) is 7.40. The Hall–Kier alpha value is -1.14. The second-order valence-electron chi connectivity index (χ2n) is 4.41. The molecule has 16 heavy (non-hydrogen) atoms. The molecular formula is C10H18N2O4. The Morgan fingerprint density at radius 1 is 1.50 bits per heavy atom. The Kier molecular flexibility index (Phi) is 4.26. The van der Waals surface area contributed by atoms with E-state index in [1.807, 2.05) is 0 Å². The molecule has 0 aromatic rings. The molecule has 92 valence electrons. The molecule has 6 heteroatoms. The molecule has 0 heterocycles. The van der Waals surface area contributed by atoms with Gasteiger partial charge in [-0.15, -0.1) is 0 Å². The molecule has 1 saturated carbocycles. The van der Waals surface area contributed by atoms with Crippen LogP contribution in [0.15, 0.2) is 0 Å². The summed E-state index contributed by atoms with van der Waals surface area (Å²) in [7, 11) is 1.61. The molecule has 0 radical (unpaired) electrons. The van der Waals surface area contributed by atoms with Gasteiger partial charge in [-0.3, -0.25) is 9.59 Å². The summed E-state index contributed by atoms with van der Waals surface area (Å²) in [6, 6.07) is -0.979. The molecule has 1 aliphatic carbocycles. The van der Waals surface area contributed by atoms with Crippen molar-refractivity contribution < 1.29 is 19.8 Å². The van der Waals surface area contributed by atoms with Gasteiger partial charge in [0.25, 0.3) is 0 Å². The molecule has 1 aliphatic rings. The molecule has 4 N–H and O–H groups in total. The van der Waals surface area contributed by atoms with Gasteiger partial charge in [-0.1, -0.05) is 0 Å². The molecule has 6 nitrogen and oxygen atoms in total. The highest BCUT2D eigenvalue weighted by Crippen LogP contribution is 2.27. The van der Waals surface area contributed by atoms with Gasteiger partial charge in [0, 0.05) is 13.6 Å². The first-order valence-corrected chi connectivity index (χ1v) is 5.30. The third-order valence-corrected chi connectivity index (χ3v) is 2.83. The molecule has 1 amide bonds. The SMILES string of the molecule is CN(CC1CC(O)C1)C(=O)C(N)CC(=O)O. The van der Waals surface area contributed by atoms with E-state index in [1.165, 1.54) is 4.90 Å². The van der Waals surface area contributed by atoms with Crippen molar-refractivity contribution in [1.29, 1.82) is 0 Å². The number of carboxylic acids is 1. The zero-order valence-electron chi connectivity index (χ0n) is 9.30. The lowest BCUT2D eigenvalue weighted by molar-refractivity contribution is -0.142. The van der Waals surface area contributed by atoms with E-state index in [9.17, 15) is 9.59 Å². The number of aliphatic hydroxyl groups excluding tert-OH is 1. The smallest absolute Gasteiger partial charge is 0.305 e. The maximum Gasteiger partial charge on any atom is 0.305 e. The fraction of sp³-hybridized carbons (Fsp3) is 0.800. The minimum atomic E-state index is -1.08. The van der Waals surface area contributed by atoms with Crippen LogP contribution in [-0.2, 0) is 9.59 Å². The summed E-state index contributed by atoms with van der Waals surface area (Å²) in [5, 5.41) is 17.6. The lowest BCUT2D eigenvalue weighted by Gasteiger charge is -2.35. The molecule has 0 saturated heterocycles. The van der Waals surface area contributed by atoms with E-state index in [4.69, 9.17) is 15.9 Å². The standard InChI is InChI=1S/C10H18N2O4/c1-12(5-6-2-7(13)3-6)10(16)8(11)4-9(14)15/h6-8,13H,2-5,11H2,1H3,(H,14,15). The number of hydrogen-bond donors (Lipinski definition) is 3. The highest BCUT2D eigenvalue weighted by Gasteiger charge is 2.30. The van der Waals surface area contributed by atoms with Gasteiger partial charge in [0.05, 0.1) is 18.6 Å². The van der Waals surface area contributed by atoms with E-state index in [-0.39, 0.29) is 18.4 Å². The Labute approximate surface area is 94.0 Å². The summed E-state index contributed by atoms with van der Waals surface area (Å²) in [6.07, 6.45) is 0.801. The molecule has 1 rings (SSSR count). The Morgan fingerprint density at radius 2 is 2.06 bits per heavy atom. The fourth-order valence-corrected chi connectivity index (χ4v) is 1.89. The fourth-order valence-electron chi connectivity index (χ4n) is 1.89. The Balaban J connectivity index is 2.32. The summed E-state index contributed by atoms with van der Waals surface area (Å²) >= 11 is 0.